The van der Waals surface area contributed by atoms with E-state index < -0.39 is 0 Å². The Labute approximate surface area is 157 Å². The van der Waals surface area contributed by atoms with Crippen molar-refractivity contribution in [1.82, 2.24) is 29.5 Å². The Morgan fingerprint density at radius 1 is 1.19 bits per heavy atom. The summed E-state index contributed by atoms with van der Waals surface area (Å²) in [6, 6.07) is 5.32. The van der Waals surface area contributed by atoms with Crippen LogP contribution >= 0.6 is 11.3 Å². The average Bonchev–Trinajstić information content (AvgIpc) is 3.38. The Morgan fingerprint density at radius 2 is 2.04 bits per heavy atom. The number of thiazole rings is 1. The third-order valence-corrected chi connectivity index (χ3v) is 4.33. The Balaban J connectivity index is 1.56. The molecule has 0 unspecified atom stereocenters. The maximum absolute atomic E-state index is 12.6. The van der Waals surface area contributed by atoms with Gasteiger partial charge in [0.15, 0.2) is 5.13 Å². The zero-order chi connectivity index (χ0) is 18.6. The van der Waals surface area contributed by atoms with Gasteiger partial charge >= 0.3 is 0 Å². The van der Waals surface area contributed by atoms with Crippen LogP contribution in [0.1, 0.15) is 16.1 Å². The molecule has 1 amide bonds. The number of carbonyl (C=O) groups excluding carboxylic acids is 1. The molecule has 4 aromatic rings. The highest BCUT2D eigenvalue weighted by molar-refractivity contribution is 7.14. The van der Waals surface area contributed by atoms with Gasteiger partial charge in [-0.05, 0) is 12.1 Å². The van der Waals surface area contributed by atoms with Gasteiger partial charge in [0.25, 0.3) is 5.91 Å². The van der Waals surface area contributed by atoms with Crippen LogP contribution in [0.4, 0.5) is 5.13 Å². The summed E-state index contributed by atoms with van der Waals surface area (Å²) in [7, 11) is 0. The van der Waals surface area contributed by atoms with Gasteiger partial charge < -0.3 is 0 Å². The van der Waals surface area contributed by atoms with Gasteiger partial charge in [-0.25, -0.2) is 19.9 Å². The second-order valence-corrected chi connectivity index (χ2v) is 6.14. The highest BCUT2D eigenvalue weighted by atomic mass is 32.1. The van der Waals surface area contributed by atoms with Crippen molar-refractivity contribution in [1.29, 1.82) is 5.26 Å². The van der Waals surface area contributed by atoms with Gasteiger partial charge in [-0.1, -0.05) is 0 Å². The molecule has 0 bridgehead atoms. The predicted molar refractivity (Wildman–Crippen MR) is 97.2 cm³/mol. The quantitative estimate of drug-likeness (QED) is 0.581. The van der Waals surface area contributed by atoms with Gasteiger partial charge in [0, 0.05) is 11.6 Å². The Bertz CT molecular complexity index is 1140. The van der Waals surface area contributed by atoms with Crippen molar-refractivity contribution >= 4 is 22.4 Å². The molecule has 0 aliphatic rings. The van der Waals surface area contributed by atoms with E-state index in [1.165, 1.54) is 30.2 Å². The van der Waals surface area contributed by atoms with E-state index in [0.717, 1.165) is 0 Å². The van der Waals surface area contributed by atoms with Crippen molar-refractivity contribution in [3.63, 3.8) is 0 Å². The van der Waals surface area contributed by atoms with Crippen molar-refractivity contribution in [3.05, 3.63) is 66.2 Å². The van der Waals surface area contributed by atoms with E-state index in [-0.39, 0.29) is 5.91 Å². The Morgan fingerprint density at radius 3 is 2.85 bits per heavy atom. The summed E-state index contributed by atoms with van der Waals surface area (Å²) in [5.74, 6) is -0.365. The molecule has 0 saturated heterocycles. The van der Waals surface area contributed by atoms with E-state index in [0.29, 0.717) is 33.5 Å². The minimum absolute atomic E-state index is 0.325. The lowest BCUT2D eigenvalue weighted by molar-refractivity contribution is 0.102. The average molecular weight is 374 g/mol. The molecule has 0 saturated carbocycles. The highest BCUT2D eigenvalue weighted by Gasteiger charge is 2.16. The third-order valence-electron chi connectivity index (χ3n) is 3.57. The lowest BCUT2D eigenvalue weighted by Crippen LogP contribution is -2.16. The number of rotatable bonds is 4. The van der Waals surface area contributed by atoms with Gasteiger partial charge in [-0.3, -0.25) is 19.7 Å². The van der Waals surface area contributed by atoms with Crippen LogP contribution in [0.5, 0.6) is 0 Å². The molecule has 0 aromatic carbocycles. The third kappa shape index (κ3) is 3.39. The first kappa shape index (κ1) is 16.5. The number of hydrogen-bond donors (Lipinski definition) is 1. The first-order valence-corrected chi connectivity index (χ1v) is 8.53. The molecular formula is C17H10N8OS. The maximum Gasteiger partial charge on any atom is 0.276 e. The van der Waals surface area contributed by atoms with Crippen molar-refractivity contribution in [3.8, 4) is 23.1 Å². The number of pyridine rings is 1. The van der Waals surface area contributed by atoms with E-state index in [2.05, 4.69) is 36.3 Å². The molecule has 0 radical (unpaired) electrons. The highest BCUT2D eigenvalue weighted by Crippen LogP contribution is 2.24. The number of imidazole rings is 1. The number of aromatic nitrogens is 6. The van der Waals surface area contributed by atoms with Crippen LogP contribution in [0.2, 0.25) is 0 Å². The van der Waals surface area contributed by atoms with Gasteiger partial charge in [-0.2, -0.15) is 5.26 Å². The Hall–Kier alpha value is -3.97. The van der Waals surface area contributed by atoms with E-state index in [1.54, 1.807) is 40.7 Å². The molecule has 4 heterocycles. The van der Waals surface area contributed by atoms with Crippen LogP contribution in [0.3, 0.4) is 0 Å². The number of nitrogens with zero attached hydrogens (tertiary/aromatic N) is 7. The fourth-order valence-electron chi connectivity index (χ4n) is 2.33. The number of amides is 1. The zero-order valence-electron chi connectivity index (χ0n) is 13.6. The molecule has 130 valence electrons. The van der Waals surface area contributed by atoms with Crippen molar-refractivity contribution in [2.75, 3.05) is 5.32 Å². The fourth-order valence-corrected chi connectivity index (χ4v) is 3.03. The molecule has 4 aromatic heterocycles. The minimum Gasteiger partial charge on any atom is -0.296 e. The molecule has 0 aliphatic carbocycles. The number of nitriles is 1. The molecule has 0 atom stereocenters. The number of hydrogen-bond acceptors (Lipinski definition) is 8. The van der Waals surface area contributed by atoms with Crippen molar-refractivity contribution in [2.45, 2.75) is 0 Å². The molecule has 0 fully saturated rings. The fraction of sp³-hybridized carbons (Fsp3) is 0. The van der Waals surface area contributed by atoms with Crippen molar-refractivity contribution in [2.24, 2.45) is 0 Å². The minimum atomic E-state index is -0.365. The molecule has 0 spiro atoms. The molecule has 27 heavy (non-hydrogen) atoms. The summed E-state index contributed by atoms with van der Waals surface area (Å²) < 4.78 is 1.59. The number of anilines is 1. The summed E-state index contributed by atoms with van der Waals surface area (Å²) in [5, 5.41) is 13.9. The van der Waals surface area contributed by atoms with E-state index in [1.807, 2.05) is 0 Å². The molecule has 4 rings (SSSR count). The molecule has 1 N–H and O–H groups in total. The first-order chi connectivity index (χ1) is 13.2. The van der Waals surface area contributed by atoms with Gasteiger partial charge in [0.05, 0.1) is 47.9 Å². The molecule has 9 nitrogen and oxygen atoms in total. The summed E-state index contributed by atoms with van der Waals surface area (Å²) in [6.07, 6.45) is 9.09. The van der Waals surface area contributed by atoms with Crippen LogP contribution in [0, 0.1) is 11.3 Å². The van der Waals surface area contributed by atoms with E-state index in [4.69, 9.17) is 5.26 Å². The topological polar surface area (TPSA) is 122 Å². The van der Waals surface area contributed by atoms with E-state index >= 15 is 0 Å². The van der Waals surface area contributed by atoms with Crippen LogP contribution in [0.15, 0.2) is 55.0 Å². The number of nitrogens with one attached hydrogen (secondary N) is 1. The van der Waals surface area contributed by atoms with Gasteiger partial charge in [0.2, 0.25) is 0 Å². The first-order valence-electron chi connectivity index (χ1n) is 7.66. The van der Waals surface area contributed by atoms with Crippen LogP contribution in [0.25, 0.3) is 17.1 Å². The monoisotopic (exact) mass is 374 g/mol. The Kier molecular flexibility index (Phi) is 4.34. The second kappa shape index (κ2) is 7.11. The standard InChI is InChI=1S/C17H10N8OS/c18-4-11-1-2-22-13(3-11)14-8-27-17(23-14)24-16(26)15-7-21-10-25(15)12-5-19-9-20-6-12/h1-3,5-10H,(H,23,24,26). The molecule has 10 heteroatoms. The maximum atomic E-state index is 12.6. The van der Waals surface area contributed by atoms with Gasteiger partial charge in [0.1, 0.15) is 17.7 Å². The smallest absolute Gasteiger partial charge is 0.276 e. The van der Waals surface area contributed by atoms with Crippen LogP contribution < -0.4 is 5.32 Å². The lowest BCUT2D eigenvalue weighted by Gasteiger charge is -2.06. The predicted octanol–water partition coefficient (Wildman–Crippen LogP) is 2.30. The zero-order valence-corrected chi connectivity index (χ0v) is 14.5. The molecule has 0 aliphatic heterocycles. The second-order valence-electron chi connectivity index (χ2n) is 5.28. The normalized spacial score (nSPS) is 10.3. The lowest BCUT2D eigenvalue weighted by atomic mass is 10.2. The summed E-state index contributed by atoms with van der Waals surface area (Å²) >= 11 is 1.26. The van der Waals surface area contributed by atoms with E-state index in [9.17, 15) is 4.79 Å². The van der Waals surface area contributed by atoms with Gasteiger partial charge in [-0.15, -0.1) is 11.3 Å². The largest absolute Gasteiger partial charge is 0.296 e. The van der Waals surface area contributed by atoms with Crippen molar-refractivity contribution < 1.29 is 4.79 Å². The van der Waals surface area contributed by atoms with Crippen LogP contribution in [-0.4, -0.2) is 35.4 Å². The molecular weight excluding hydrogens is 364 g/mol. The summed E-state index contributed by atoms with van der Waals surface area (Å²) in [4.78, 5) is 33.1. The SMILES string of the molecule is N#Cc1ccnc(-c2csc(NC(=O)c3cncn3-c3cncnc3)n2)c1. The number of carbonyl (C=O) groups is 1. The summed E-state index contributed by atoms with van der Waals surface area (Å²) in [6.45, 7) is 0. The summed E-state index contributed by atoms with van der Waals surface area (Å²) in [5.41, 5.74) is 2.59. The van der Waals surface area contributed by atoms with Crippen LogP contribution in [-0.2, 0) is 0 Å².